The maximum atomic E-state index is 12.9. The first-order valence-electron chi connectivity index (χ1n) is 7.63. The first-order chi connectivity index (χ1) is 13.6. The SMILES string of the molecule is O=C(N/N=C/c1cc(C(F)(F)F)cc(C(F)(F)F)c1O)c1ccccc1C(F)(F)F. The molecule has 0 fully saturated rings. The molecule has 0 aliphatic rings. The van der Waals surface area contributed by atoms with Gasteiger partial charge in [0.2, 0.25) is 0 Å². The fourth-order valence-corrected chi connectivity index (χ4v) is 2.28. The van der Waals surface area contributed by atoms with Gasteiger partial charge in [0.15, 0.2) is 0 Å². The van der Waals surface area contributed by atoms with Gasteiger partial charge < -0.3 is 5.11 Å². The molecule has 162 valence electrons. The maximum Gasteiger partial charge on any atom is 0.419 e. The highest BCUT2D eigenvalue weighted by Gasteiger charge is 2.40. The minimum absolute atomic E-state index is 0.129. The van der Waals surface area contributed by atoms with Crippen molar-refractivity contribution in [1.82, 2.24) is 5.43 Å². The largest absolute Gasteiger partial charge is 0.507 e. The van der Waals surface area contributed by atoms with Crippen LogP contribution in [0.2, 0.25) is 0 Å². The zero-order valence-corrected chi connectivity index (χ0v) is 14.2. The number of hydrogen-bond donors (Lipinski definition) is 2. The van der Waals surface area contributed by atoms with Crippen LogP contribution in [0, 0.1) is 0 Å². The lowest BCUT2D eigenvalue weighted by Gasteiger charge is -2.15. The van der Waals surface area contributed by atoms with Gasteiger partial charge in [-0.05, 0) is 24.3 Å². The van der Waals surface area contributed by atoms with E-state index < -0.39 is 58.0 Å². The van der Waals surface area contributed by atoms with Gasteiger partial charge in [-0.25, -0.2) is 5.43 Å². The monoisotopic (exact) mass is 444 g/mol. The molecule has 0 aliphatic carbocycles. The summed E-state index contributed by atoms with van der Waals surface area (Å²) in [6.07, 6.45) is -15.2. The number of halogens is 9. The van der Waals surface area contributed by atoms with Crippen LogP contribution < -0.4 is 5.43 Å². The van der Waals surface area contributed by atoms with Crippen molar-refractivity contribution < 1.29 is 49.4 Å². The highest BCUT2D eigenvalue weighted by Crippen LogP contribution is 2.41. The summed E-state index contributed by atoms with van der Waals surface area (Å²) in [4.78, 5) is 11.9. The van der Waals surface area contributed by atoms with E-state index in [4.69, 9.17) is 0 Å². The van der Waals surface area contributed by atoms with Crippen LogP contribution >= 0.6 is 0 Å². The number of nitrogens with one attached hydrogen (secondary N) is 1. The van der Waals surface area contributed by atoms with Gasteiger partial charge in [-0.1, -0.05) is 12.1 Å². The number of hydrazone groups is 1. The average Bonchev–Trinajstić information content (AvgIpc) is 2.60. The van der Waals surface area contributed by atoms with Gasteiger partial charge in [0.25, 0.3) is 5.91 Å². The Morgan fingerprint density at radius 3 is 1.97 bits per heavy atom. The number of rotatable bonds is 3. The summed E-state index contributed by atoms with van der Waals surface area (Å²) in [5.41, 5.74) is -5.49. The van der Waals surface area contributed by atoms with E-state index in [0.717, 1.165) is 18.2 Å². The molecule has 0 saturated carbocycles. The number of nitrogens with zero attached hydrogens (tertiary/aromatic N) is 1. The predicted octanol–water partition coefficient (Wildman–Crippen LogP) is 5.21. The van der Waals surface area contributed by atoms with Crippen LogP contribution in [0.3, 0.4) is 0 Å². The van der Waals surface area contributed by atoms with Crippen LogP contribution in [-0.4, -0.2) is 17.2 Å². The van der Waals surface area contributed by atoms with Crippen LogP contribution in [0.25, 0.3) is 0 Å². The quantitative estimate of drug-likeness (QED) is 0.388. The van der Waals surface area contributed by atoms with Crippen molar-refractivity contribution in [1.29, 1.82) is 0 Å². The first kappa shape index (κ1) is 23.0. The molecule has 1 amide bonds. The van der Waals surface area contributed by atoms with E-state index in [1.54, 1.807) is 5.43 Å². The number of alkyl halides is 9. The van der Waals surface area contributed by atoms with E-state index in [9.17, 15) is 49.4 Å². The van der Waals surface area contributed by atoms with Crippen LogP contribution in [0.4, 0.5) is 39.5 Å². The van der Waals surface area contributed by atoms with Crippen molar-refractivity contribution in [2.24, 2.45) is 5.10 Å². The predicted molar refractivity (Wildman–Crippen MR) is 84.6 cm³/mol. The van der Waals surface area contributed by atoms with Crippen LogP contribution in [0.1, 0.15) is 32.6 Å². The molecule has 2 aromatic carbocycles. The second-order valence-electron chi connectivity index (χ2n) is 5.70. The molecule has 2 rings (SSSR count). The average molecular weight is 444 g/mol. The molecule has 0 aromatic heterocycles. The van der Waals surface area contributed by atoms with Gasteiger partial charge in [0.05, 0.1) is 28.5 Å². The first-order valence-corrected chi connectivity index (χ1v) is 7.63. The normalized spacial score (nSPS) is 13.0. The topological polar surface area (TPSA) is 61.7 Å². The number of aromatic hydroxyl groups is 1. The van der Waals surface area contributed by atoms with E-state index in [-0.39, 0.29) is 18.3 Å². The summed E-state index contributed by atoms with van der Waals surface area (Å²) < 4.78 is 116. The van der Waals surface area contributed by atoms with Crippen molar-refractivity contribution in [2.45, 2.75) is 18.5 Å². The molecule has 2 N–H and O–H groups in total. The van der Waals surface area contributed by atoms with Gasteiger partial charge in [-0.2, -0.15) is 44.6 Å². The molecule has 30 heavy (non-hydrogen) atoms. The molecule has 2 aromatic rings. The van der Waals surface area contributed by atoms with E-state index in [1.807, 2.05) is 0 Å². The van der Waals surface area contributed by atoms with Crippen LogP contribution in [0.5, 0.6) is 5.75 Å². The molecule has 0 radical (unpaired) electrons. The van der Waals surface area contributed by atoms with E-state index in [1.165, 1.54) is 0 Å². The molecule has 0 saturated heterocycles. The molecule has 0 unspecified atom stereocenters. The molecule has 0 heterocycles. The number of benzene rings is 2. The van der Waals surface area contributed by atoms with Gasteiger partial charge in [-0.3, -0.25) is 4.79 Å². The molecule has 13 heteroatoms. The standard InChI is InChI=1S/C17H9F9N2O2/c18-15(19,20)9-5-8(13(29)12(6-9)17(24,25)26)7-27-28-14(30)10-3-1-2-4-11(10)16(21,22)23/h1-7,29H,(H,28,30)/b27-7+. The molecular formula is C17H9F9N2O2. The Balaban J connectivity index is 2.38. The number of hydrogen-bond acceptors (Lipinski definition) is 3. The third kappa shape index (κ3) is 5.21. The maximum absolute atomic E-state index is 12.9. The summed E-state index contributed by atoms with van der Waals surface area (Å²) in [6.45, 7) is 0. The summed E-state index contributed by atoms with van der Waals surface area (Å²) in [5, 5.41) is 12.7. The van der Waals surface area contributed by atoms with Crippen molar-refractivity contribution in [2.75, 3.05) is 0 Å². The van der Waals surface area contributed by atoms with Crippen LogP contribution in [-0.2, 0) is 18.5 Å². The number of carbonyl (C=O) groups is 1. The summed E-state index contributed by atoms with van der Waals surface area (Å²) in [6, 6.07) is 3.29. The molecule has 0 aliphatic heterocycles. The number of phenolic OH excluding ortho intramolecular Hbond substituents is 1. The van der Waals surface area contributed by atoms with E-state index >= 15 is 0 Å². The Hall–Kier alpha value is -3.25. The summed E-state index contributed by atoms with van der Waals surface area (Å²) >= 11 is 0. The van der Waals surface area contributed by atoms with Crippen LogP contribution in [0.15, 0.2) is 41.5 Å². The minimum atomic E-state index is -5.34. The fraction of sp³-hybridized carbons (Fsp3) is 0.176. The van der Waals surface area contributed by atoms with Crippen molar-refractivity contribution in [3.63, 3.8) is 0 Å². The Bertz CT molecular complexity index is 977. The molecule has 0 bridgehead atoms. The lowest BCUT2D eigenvalue weighted by atomic mass is 10.0. The Kier molecular flexibility index (Phi) is 6.05. The lowest BCUT2D eigenvalue weighted by molar-refractivity contribution is -0.144. The van der Waals surface area contributed by atoms with Crippen molar-refractivity contribution >= 4 is 12.1 Å². The Labute approximate surface area is 161 Å². The molecule has 0 atom stereocenters. The van der Waals surface area contributed by atoms with Gasteiger partial charge in [0, 0.05) is 5.56 Å². The van der Waals surface area contributed by atoms with E-state index in [0.29, 0.717) is 6.07 Å². The summed E-state index contributed by atoms with van der Waals surface area (Å²) in [7, 11) is 0. The zero-order chi connectivity index (χ0) is 22.9. The Morgan fingerprint density at radius 1 is 0.867 bits per heavy atom. The van der Waals surface area contributed by atoms with Gasteiger partial charge >= 0.3 is 18.5 Å². The van der Waals surface area contributed by atoms with Crippen molar-refractivity contribution in [3.8, 4) is 5.75 Å². The lowest BCUT2D eigenvalue weighted by Crippen LogP contribution is -2.22. The highest BCUT2D eigenvalue weighted by molar-refractivity contribution is 5.96. The fourth-order valence-electron chi connectivity index (χ4n) is 2.28. The number of amides is 1. The molecule has 0 spiro atoms. The third-order valence-corrected chi connectivity index (χ3v) is 3.62. The number of phenols is 1. The Morgan fingerprint density at radius 2 is 1.43 bits per heavy atom. The zero-order valence-electron chi connectivity index (χ0n) is 14.2. The van der Waals surface area contributed by atoms with E-state index in [2.05, 4.69) is 5.10 Å². The highest BCUT2D eigenvalue weighted by atomic mass is 19.4. The second kappa shape index (κ2) is 7.88. The smallest absolute Gasteiger partial charge is 0.419 e. The molecular weight excluding hydrogens is 435 g/mol. The summed E-state index contributed by atoms with van der Waals surface area (Å²) in [5.74, 6) is -3.04. The van der Waals surface area contributed by atoms with Gasteiger partial charge in [-0.15, -0.1) is 0 Å². The molecule has 4 nitrogen and oxygen atoms in total. The number of carbonyl (C=O) groups excluding carboxylic acids is 1. The van der Waals surface area contributed by atoms with Gasteiger partial charge in [0.1, 0.15) is 5.75 Å². The van der Waals surface area contributed by atoms with Crippen molar-refractivity contribution in [3.05, 3.63) is 64.2 Å². The third-order valence-electron chi connectivity index (χ3n) is 3.62. The second-order valence-corrected chi connectivity index (χ2v) is 5.70. The minimum Gasteiger partial charge on any atom is -0.507 e.